The second kappa shape index (κ2) is 7.05. The molecular formula is C16H19ClN2OS. The molecule has 0 aromatic carbocycles. The van der Waals surface area contributed by atoms with E-state index in [9.17, 15) is 4.79 Å². The number of halogens is 1. The minimum atomic E-state index is -0.0160. The summed E-state index contributed by atoms with van der Waals surface area (Å²) in [6, 6.07) is 7.58. The van der Waals surface area contributed by atoms with Crippen molar-refractivity contribution in [2.75, 3.05) is 13.6 Å². The van der Waals surface area contributed by atoms with Crippen molar-refractivity contribution in [1.29, 1.82) is 0 Å². The van der Waals surface area contributed by atoms with Crippen molar-refractivity contribution in [2.45, 2.75) is 26.2 Å². The predicted molar refractivity (Wildman–Crippen MR) is 88.3 cm³/mol. The molecule has 2 aromatic heterocycles. The van der Waals surface area contributed by atoms with Crippen molar-refractivity contribution in [3.8, 4) is 0 Å². The highest BCUT2D eigenvalue weighted by atomic mass is 35.5. The van der Waals surface area contributed by atoms with Crippen LogP contribution in [-0.2, 0) is 6.42 Å². The van der Waals surface area contributed by atoms with E-state index in [0.717, 1.165) is 12.1 Å². The van der Waals surface area contributed by atoms with Crippen LogP contribution in [0.1, 0.15) is 40.7 Å². The monoisotopic (exact) mass is 322 g/mol. The van der Waals surface area contributed by atoms with Crippen molar-refractivity contribution in [2.24, 2.45) is 0 Å². The summed E-state index contributed by atoms with van der Waals surface area (Å²) in [5.41, 5.74) is 1.45. The van der Waals surface area contributed by atoms with Gasteiger partial charge in [-0.2, -0.15) is 0 Å². The van der Waals surface area contributed by atoms with Gasteiger partial charge in [0, 0.05) is 29.7 Å². The van der Waals surface area contributed by atoms with E-state index in [-0.39, 0.29) is 11.8 Å². The van der Waals surface area contributed by atoms with Gasteiger partial charge >= 0.3 is 0 Å². The lowest BCUT2D eigenvalue weighted by Gasteiger charge is -2.17. The molecule has 3 nitrogen and oxygen atoms in total. The van der Waals surface area contributed by atoms with Gasteiger partial charge in [-0.1, -0.05) is 31.5 Å². The first-order chi connectivity index (χ1) is 9.97. The van der Waals surface area contributed by atoms with Crippen molar-refractivity contribution in [3.63, 3.8) is 0 Å². The van der Waals surface area contributed by atoms with Gasteiger partial charge < -0.3 is 4.90 Å². The first-order valence-electron chi connectivity index (χ1n) is 6.92. The van der Waals surface area contributed by atoms with Gasteiger partial charge in [-0.3, -0.25) is 4.79 Å². The molecule has 112 valence electrons. The third kappa shape index (κ3) is 4.29. The average Bonchev–Trinajstić information content (AvgIpc) is 2.96. The number of hydrogen-bond donors (Lipinski definition) is 0. The zero-order valence-corrected chi connectivity index (χ0v) is 14.0. The number of carbonyl (C=O) groups excluding carboxylic acids is 1. The maximum Gasteiger partial charge on any atom is 0.253 e. The Hall–Kier alpha value is -1.39. The van der Waals surface area contributed by atoms with Crippen LogP contribution in [0.5, 0.6) is 0 Å². The van der Waals surface area contributed by atoms with E-state index in [4.69, 9.17) is 11.6 Å². The topological polar surface area (TPSA) is 33.2 Å². The maximum absolute atomic E-state index is 12.5. The van der Waals surface area contributed by atoms with Gasteiger partial charge in [0.15, 0.2) is 0 Å². The van der Waals surface area contributed by atoms with Crippen LogP contribution in [0.2, 0.25) is 5.15 Å². The molecule has 0 fully saturated rings. The molecule has 2 rings (SSSR count). The lowest BCUT2D eigenvalue weighted by Crippen LogP contribution is -2.29. The summed E-state index contributed by atoms with van der Waals surface area (Å²) >= 11 is 7.73. The summed E-state index contributed by atoms with van der Waals surface area (Å²) in [6.45, 7) is 4.76. The van der Waals surface area contributed by atoms with E-state index < -0.39 is 0 Å². The van der Waals surface area contributed by atoms with E-state index in [1.807, 2.05) is 33.0 Å². The molecule has 21 heavy (non-hydrogen) atoms. The first-order valence-corrected chi connectivity index (χ1v) is 8.18. The summed E-state index contributed by atoms with van der Waals surface area (Å²) in [6.07, 6.45) is 0.871. The zero-order chi connectivity index (χ0) is 15.4. The van der Waals surface area contributed by atoms with Crippen molar-refractivity contribution >= 4 is 28.8 Å². The molecule has 0 aliphatic carbocycles. The van der Waals surface area contributed by atoms with Crippen LogP contribution >= 0.6 is 22.9 Å². The summed E-state index contributed by atoms with van der Waals surface area (Å²) < 4.78 is 0. The van der Waals surface area contributed by atoms with Gasteiger partial charge in [0.05, 0.1) is 0 Å². The Morgan fingerprint density at radius 2 is 2.19 bits per heavy atom. The van der Waals surface area contributed by atoms with Gasteiger partial charge in [-0.15, -0.1) is 11.3 Å². The van der Waals surface area contributed by atoms with E-state index >= 15 is 0 Å². The maximum atomic E-state index is 12.5. The van der Waals surface area contributed by atoms with Gasteiger partial charge in [-0.25, -0.2) is 4.98 Å². The Morgan fingerprint density at radius 3 is 2.81 bits per heavy atom. The Balaban J connectivity index is 2.08. The highest BCUT2D eigenvalue weighted by Gasteiger charge is 2.15. The molecule has 0 atom stereocenters. The molecule has 0 N–H and O–H groups in total. The van der Waals surface area contributed by atoms with E-state index in [1.165, 1.54) is 4.88 Å². The fourth-order valence-corrected chi connectivity index (χ4v) is 2.90. The van der Waals surface area contributed by atoms with Crippen molar-refractivity contribution in [3.05, 3.63) is 50.9 Å². The summed E-state index contributed by atoms with van der Waals surface area (Å²) in [7, 11) is 1.82. The van der Waals surface area contributed by atoms with Gasteiger partial charge in [0.1, 0.15) is 5.15 Å². The molecule has 0 unspecified atom stereocenters. The molecule has 1 amide bonds. The number of nitrogens with zero attached hydrogens (tertiary/aromatic N) is 2. The first kappa shape index (κ1) is 16.0. The number of pyridine rings is 1. The van der Waals surface area contributed by atoms with Crippen LogP contribution in [0.15, 0.2) is 29.6 Å². The Morgan fingerprint density at radius 1 is 1.43 bits per heavy atom. The van der Waals surface area contributed by atoms with Crippen LogP contribution in [0.3, 0.4) is 0 Å². The van der Waals surface area contributed by atoms with Crippen LogP contribution < -0.4 is 0 Å². The molecular weight excluding hydrogens is 304 g/mol. The number of aromatic nitrogens is 1. The molecule has 5 heteroatoms. The van der Waals surface area contributed by atoms with E-state index in [0.29, 0.717) is 17.3 Å². The predicted octanol–water partition coefficient (Wildman–Crippen LogP) is 4.23. The van der Waals surface area contributed by atoms with Crippen LogP contribution in [0.25, 0.3) is 0 Å². The minimum Gasteiger partial charge on any atom is -0.341 e. The second-order valence-corrected chi connectivity index (χ2v) is 6.73. The van der Waals surface area contributed by atoms with Gasteiger partial charge in [0.2, 0.25) is 0 Å². The highest BCUT2D eigenvalue weighted by molar-refractivity contribution is 7.09. The number of thiophene rings is 1. The average molecular weight is 323 g/mol. The third-order valence-electron chi connectivity index (χ3n) is 3.27. The van der Waals surface area contributed by atoms with Crippen molar-refractivity contribution in [1.82, 2.24) is 9.88 Å². The fraction of sp³-hybridized carbons (Fsp3) is 0.375. The summed E-state index contributed by atoms with van der Waals surface area (Å²) in [4.78, 5) is 19.7. The van der Waals surface area contributed by atoms with E-state index in [2.05, 4.69) is 16.4 Å². The normalized spacial score (nSPS) is 10.9. The van der Waals surface area contributed by atoms with E-state index in [1.54, 1.807) is 22.3 Å². The molecule has 0 bridgehead atoms. The van der Waals surface area contributed by atoms with Gasteiger partial charge in [0.25, 0.3) is 5.91 Å². The SMILES string of the molecule is CC(C)c1cc(C(=O)N(C)CCc2cccs2)cc(Cl)n1. The molecule has 0 aliphatic heterocycles. The highest BCUT2D eigenvalue weighted by Crippen LogP contribution is 2.19. The molecule has 0 saturated carbocycles. The Labute approximate surface area is 134 Å². The number of rotatable bonds is 5. The number of carbonyl (C=O) groups is 1. The quantitative estimate of drug-likeness (QED) is 0.772. The molecule has 0 aliphatic rings. The van der Waals surface area contributed by atoms with Crippen molar-refractivity contribution < 1.29 is 4.79 Å². The molecule has 2 aromatic rings. The summed E-state index contributed by atoms with van der Waals surface area (Å²) in [5, 5.41) is 2.42. The zero-order valence-electron chi connectivity index (χ0n) is 12.5. The van der Waals surface area contributed by atoms with Gasteiger partial charge in [-0.05, 0) is 35.9 Å². The lowest BCUT2D eigenvalue weighted by molar-refractivity contribution is 0.0796. The number of likely N-dealkylation sites (N-methyl/N-ethyl adjacent to an activating group) is 1. The number of hydrogen-bond acceptors (Lipinski definition) is 3. The fourth-order valence-electron chi connectivity index (χ4n) is 1.99. The molecule has 2 heterocycles. The smallest absolute Gasteiger partial charge is 0.253 e. The third-order valence-corrected chi connectivity index (χ3v) is 4.40. The van der Waals surface area contributed by atoms with Crippen LogP contribution in [-0.4, -0.2) is 29.4 Å². The standard InChI is InChI=1S/C16H19ClN2OS/c1-11(2)14-9-12(10-15(17)18-14)16(20)19(3)7-6-13-5-4-8-21-13/h4-5,8-11H,6-7H2,1-3H3. The minimum absolute atomic E-state index is 0.0160. The second-order valence-electron chi connectivity index (χ2n) is 5.31. The molecule has 0 saturated heterocycles. The number of amides is 1. The molecule has 0 spiro atoms. The Kier molecular flexibility index (Phi) is 5.37. The lowest BCUT2D eigenvalue weighted by atomic mass is 10.1. The molecule has 0 radical (unpaired) electrons. The Bertz CT molecular complexity index is 611. The largest absolute Gasteiger partial charge is 0.341 e. The van der Waals surface area contributed by atoms with Crippen LogP contribution in [0, 0.1) is 0 Å². The summed E-state index contributed by atoms with van der Waals surface area (Å²) in [5.74, 6) is 0.226. The van der Waals surface area contributed by atoms with Crippen LogP contribution in [0.4, 0.5) is 0 Å².